The van der Waals surface area contributed by atoms with Crippen LogP contribution in [0.25, 0.3) is 0 Å². The third-order valence-electron chi connectivity index (χ3n) is 5.52. The highest BCUT2D eigenvalue weighted by Gasteiger charge is 2.16. The van der Waals surface area contributed by atoms with Crippen LogP contribution in [0.3, 0.4) is 0 Å². The molecule has 4 heteroatoms. The van der Waals surface area contributed by atoms with Gasteiger partial charge in [0.15, 0.2) is 0 Å². The maximum atomic E-state index is 10.7. The first kappa shape index (κ1) is 23.1. The first-order valence-electron chi connectivity index (χ1n) is 11.3. The molecule has 1 heterocycles. The van der Waals surface area contributed by atoms with Crippen molar-refractivity contribution in [3.63, 3.8) is 0 Å². The highest BCUT2D eigenvalue weighted by molar-refractivity contribution is 5.31. The van der Waals surface area contributed by atoms with Crippen LogP contribution in [0.2, 0.25) is 0 Å². The van der Waals surface area contributed by atoms with Gasteiger partial charge in [-0.05, 0) is 55.1 Å². The van der Waals surface area contributed by atoms with E-state index in [0.717, 1.165) is 37.4 Å². The summed E-state index contributed by atoms with van der Waals surface area (Å²) >= 11 is 0. The molecule has 1 aromatic heterocycles. The molecular weight excluding hydrogens is 384 g/mol. The Kier molecular flexibility index (Phi) is 8.74. The minimum Gasteiger partial charge on any atom is -0.491 e. The predicted molar refractivity (Wildman–Crippen MR) is 127 cm³/mol. The van der Waals surface area contributed by atoms with Gasteiger partial charge in [-0.2, -0.15) is 0 Å². The molecule has 0 aliphatic rings. The van der Waals surface area contributed by atoms with Gasteiger partial charge in [0.1, 0.15) is 18.5 Å². The van der Waals surface area contributed by atoms with Crippen molar-refractivity contribution in [2.75, 3.05) is 19.7 Å². The van der Waals surface area contributed by atoms with Crippen LogP contribution in [0.4, 0.5) is 0 Å². The highest BCUT2D eigenvalue weighted by Crippen LogP contribution is 2.17. The van der Waals surface area contributed by atoms with Crippen molar-refractivity contribution in [3.8, 4) is 5.75 Å². The summed E-state index contributed by atoms with van der Waals surface area (Å²) < 4.78 is 8.18. The van der Waals surface area contributed by atoms with Gasteiger partial charge in [-0.15, -0.1) is 0 Å². The van der Waals surface area contributed by atoms with E-state index < -0.39 is 6.10 Å². The molecule has 0 saturated heterocycles. The molecule has 2 aromatic carbocycles. The van der Waals surface area contributed by atoms with E-state index in [4.69, 9.17) is 4.74 Å². The van der Waals surface area contributed by atoms with E-state index in [2.05, 4.69) is 65.9 Å². The van der Waals surface area contributed by atoms with Crippen molar-refractivity contribution in [1.82, 2.24) is 9.47 Å². The second-order valence-corrected chi connectivity index (χ2v) is 8.76. The van der Waals surface area contributed by atoms with Crippen molar-refractivity contribution >= 4 is 0 Å². The maximum Gasteiger partial charge on any atom is 0.122 e. The van der Waals surface area contributed by atoms with Gasteiger partial charge in [0.05, 0.1) is 0 Å². The summed E-state index contributed by atoms with van der Waals surface area (Å²) in [6, 6.07) is 22.8. The van der Waals surface area contributed by atoms with E-state index >= 15 is 0 Å². The Hall–Kier alpha value is -2.56. The topological polar surface area (TPSA) is 37.6 Å². The van der Waals surface area contributed by atoms with Crippen LogP contribution >= 0.6 is 0 Å². The van der Waals surface area contributed by atoms with Crippen LogP contribution in [-0.4, -0.2) is 40.4 Å². The van der Waals surface area contributed by atoms with E-state index in [1.165, 1.54) is 11.3 Å². The lowest BCUT2D eigenvalue weighted by Gasteiger charge is -2.26. The molecule has 0 saturated carbocycles. The molecular formula is C27H36N2O2. The maximum absolute atomic E-state index is 10.7. The normalized spacial score (nSPS) is 12.5. The van der Waals surface area contributed by atoms with Crippen LogP contribution in [0.5, 0.6) is 5.75 Å². The lowest BCUT2D eigenvalue weighted by Crippen LogP contribution is -2.36. The van der Waals surface area contributed by atoms with Gasteiger partial charge in [-0.1, -0.05) is 62.4 Å². The summed E-state index contributed by atoms with van der Waals surface area (Å²) in [6.07, 6.45) is 2.70. The average Bonchev–Trinajstić information content (AvgIpc) is 3.18. The van der Waals surface area contributed by atoms with Gasteiger partial charge in [-0.3, -0.25) is 4.90 Å². The van der Waals surface area contributed by atoms with Crippen LogP contribution < -0.4 is 4.74 Å². The summed E-state index contributed by atoms with van der Waals surface area (Å²) in [4.78, 5) is 2.35. The fourth-order valence-corrected chi connectivity index (χ4v) is 3.69. The SMILES string of the molecule is Cc1ccccc1OCC(O)CN(CCC(C)C)Cc1cccn1Cc1ccccc1. The number of hydrogen-bond donors (Lipinski definition) is 1. The number of rotatable bonds is 12. The Bertz CT molecular complexity index is 904. The highest BCUT2D eigenvalue weighted by atomic mass is 16.5. The lowest BCUT2D eigenvalue weighted by atomic mass is 10.1. The number of hydrogen-bond acceptors (Lipinski definition) is 3. The van der Waals surface area contributed by atoms with Crippen LogP contribution in [0.15, 0.2) is 72.9 Å². The quantitative estimate of drug-likeness (QED) is 0.441. The lowest BCUT2D eigenvalue weighted by molar-refractivity contribution is 0.0629. The van der Waals surface area contributed by atoms with Crippen molar-refractivity contribution in [2.24, 2.45) is 5.92 Å². The standard InChI is InChI=1S/C27H36N2O2/c1-22(2)15-17-28(20-26(30)21-31-27-14-8-7-10-23(27)3)19-25-13-9-16-29(25)18-24-11-5-4-6-12-24/h4-14,16,22,26,30H,15,17-21H2,1-3H3. The first-order chi connectivity index (χ1) is 15.0. The minimum atomic E-state index is -0.538. The number of aliphatic hydroxyl groups excluding tert-OH is 1. The Morgan fingerprint density at radius 2 is 1.71 bits per heavy atom. The van der Waals surface area contributed by atoms with E-state index in [1.54, 1.807) is 0 Å². The van der Waals surface area contributed by atoms with Crippen molar-refractivity contribution in [1.29, 1.82) is 0 Å². The minimum absolute atomic E-state index is 0.300. The molecule has 166 valence electrons. The molecule has 0 bridgehead atoms. The van der Waals surface area contributed by atoms with Crippen molar-refractivity contribution in [3.05, 3.63) is 89.7 Å². The molecule has 3 rings (SSSR count). The molecule has 31 heavy (non-hydrogen) atoms. The monoisotopic (exact) mass is 420 g/mol. The summed E-state index contributed by atoms with van der Waals surface area (Å²) in [5, 5.41) is 10.7. The zero-order valence-electron chi connectivity index (χ0n) is 19.1. The number of aryl methyl sites for hydroxylation is 1. The second kappa shape index (κ2) is 11.7. The number of aliphatic hydroxyl groups is 1. The molecule has 1 N–H and O–H groups in total. The molecule has 4 nitrogen and oxygen atoms in total. The second-order valence-electron chi connectivity index (χ2n) is 8.76. The molecule has 0 spiro atoms. The number of ether oxygens (including phenoxy) is 1. The van der Waals surface area contributed by atoms with Crippen LogP contribution in [-0.2, 0) is 13.1 Å². The van der Waals surface area contributed by atoms with Gasteiger partial charge in [0.25, 0.3) is 0 Å². The fraction of sp³-hybridized carbons (Fsp3) is 0.407. The van der Waals surface area contributed by atoms with E-state index in [1.807, 2.05) is 37.3 Å². The van der Waals surface area contributed by atoms with Gasteiger partial charge in [-0.25, -0.2) is 0 Å². The Morgan fingerprint density at radius 1 is 0.968 bits per heavy atom. The average molecular weight is 421 g/mol. The first-order valence-corrected chi connectivity index (χ1v) is 11.3. The Balaban J connectivity index is 1.61. The zero-order valence-corrected chi connectivity index (χ0v) is 19.1. The number of para-hydroxylation sites is 1. The third-order valence-corrected chi connectivity index (χ3v) is 5.52. The molecule has 0 aliphatic heterocycles. The largest absolute Gasteiger partial charge is 0.491 e. The Labute approximate surface area is 187 Å². The Morgan fingerprint density at radius 3 is 2.45 bits per heavy atom. The smallest absolute Gasteiger partial charge is 0.122 e. The number of nitrogens with zero attached hydrogens (tertiary/aromatic N) is 2. The number of aromatic nitrogens is 1. The van der Waals surface area contributed by atoms with Gasteiger partial charge < -0.3 is 14.4 Å². The molecule has 0 amide bonds. The summed E-state index contributed by atoms with van der Waals surface area (Å²) in [5.74, 6) is 1.46. The fourth-order valence-electron chi connectivity index (χ4n) is 3.69. The van der Waals surface area contributed by atoms with Crippen molar-refractivity contribution in [2.45, 2.75) is 46.4 Å². The summed E-state index contributed by atoms with van der Waals surface area (Å²) in [6.45, 7) is 10.0. The molecule has 0 radical (unpaired) electrons. The summed E-state index contributed by atoms with van der Waals surface area (Å²) in [7, 11) is 0. The van der Waals surface area contributed by atoms with Crippen molar-refractivity contribution < 1.29 is 9.84 Å². The number of benzene rings is 2. The third kappa shape index (κ3) is 7.57. The molecule has 0 fully saturated rings. The van der Waals surface area contributed by atoms with Crippen LogP contribution in [0.1, 0.15) is 37.1 Å². The van der Waals surface area contributed by atoms with E-state index in [0.29, 0.717) is 19.1 Å². The van der Waals surface area contributed by atoms with E-state index in [-0.39, 0.29) is 0 Å². The zero-order chi connectivity index (χ0) is 22.1. The summed E-state index contributed by atoms with van der Waals surface area (Å²) in [5.41, 5.74) is 3.64. The molecule has 3 aromatic rings. The molecule has 1 unspecified atom stereocenters. The van der Waals surface area contributed by atoms with Gasteiger partial charge >= 0.3 is 0 Å². The van der Waals surface area contributed by atoms with Gasteiger partial charge in [0.2, 0.25) is 0 Å². The predicted octanol–water partition coefficient (Wildman–Crippen LogP) is 5.13. The van der Waals surface area contributed by atoms with Gasteiger partial charge in [0, 0.05) is 31.5 Å². The van der Waals surface area contributed by atoms with Crippen LogP contribution in [0, 0.1) is 12.8 Å². The van der Waals surface area contributed by atoms with E-state index in [9.17, 15) is 5.11 Å². The molecule has 1 atom stereocenters. The molecule has 0 aliphatic carbocycles.